The van der Waals surface area contributed by atoms with Gasteiger partial charge in [0.25, 0.3) is 0 Å². The van der Waals surface area contributed by atoms with E-state index in [1.165, 1.54) is 0 Å². The molecule has 0 amide bonds. The molecule has 0 aliphatic rings. The van der Waals surface area contributed by atoms with Crippen LogP contribution in [0.5, 0.6) is 0 Å². The van der Waals surface area contributed by atoms with Crippen LogP contribution >= 0.6 is 0 Å². The Bertz CT molecular complexity index is 679. The quantitative estimate of drug-likeness (QED) is 0.580. The molecule has 0 bridgehead atoms. The molecule has 0 fully saturated rings. The van der Waals surface area contributed by atoms with E-state index in [2.05, 4.69) is 9.97 Å². The molecule has 5 heteroatoms. The summed E-state index contributed by atoms with van der Waals surface area (Å²) in [4.78, 5) is 17.3. The van der Waals surface area contributed by atoms with Crippen molar-refractivity contribution in [3.63, 3.8) is 0 Å². The number of imidazole rings is 1. The topological polar surface area (TPSA) is 71.8 Å². The molecule has 20 heavy (non-hydrogen) atoms. The third-order valence-electron chi connectivity index (χ3n) is 2.97. The van der Waals surface area contributed by atoms with Crippen LogP contribution in [0.25, 0.3) is 22.5 Å². The van der Waals surface area contributed by atoms with Crippen LogP contribution in [0, 0.1) is 10.1 Å². The maximum Gasteiger partial charge on any atom is 0.433 e. The van der Waals surface area contributed by atoms with E-state index < -0.39 is 4.92 Å². The first-order chi connectivity index (χ1) is 9.75. The first-order valence-corrected chi connectivity index (χ1v) is 6.11. The first kappa shape index (κ1) is 12.1. The molecule has 1 heterocycles. The van der Waals surface area contributed by atoms with Gasteiger partial charge in [0, 0.05) is 11.1 Å². The standard InChI is InChI=1S/C15H11N3O2/c19-18(20)15-16-13(11-7-3-1-4-8-11)14(17-15)12-9-5-2-6-10-12/h1-10H,(H,16,17). The van der Waals surface area contributed by atoms with Crippen molar-refractivity contribution in [2.24, 2.45) is 0 Å². The number of nitrogens with zero attached hydrogens (tertiary/aromatic N) is 2. The van der Waals surface area contributed by atoms with E-state index >= 15 is 0 Å². The number of benzene rings is 2. The number of H-pyrrole nitrogens is 1. The number of hydrogen-bond donors (Lipinski definition) is 1. The van der Waals surface area contributed by atoms with Crippen molar-refractivity contribution in [2.45, 2.75) is 0 Å². The molecular weight excluding hydrogens is 254 g/mol. The summed E-state index contributed by atoms with van der Waals surface area (Å²) in [5, 5.41) is 10.9. The number of aromatic amines is 1. The molecule has 3 rings (SSSR count). The van der Waals surface area contributed by atoms with Gasteiger partial charge in [-0.1, -0.05) is 65.6 Å². The highest BCUT2D eigenvalue weighted by molar-refractivity contribution is 5.79. The Morgan fingerprint density at radius 3 is 2.00 bits per heavy atom. The average molecular weight is 265 g/mol. The maximum atomic E-state index is 10.9. The molecule has 0 atom stereocenters. The van der Waals surface area contributed by atoms with Crippen LogP contribution in [0.2, 0.25) is 0 Å². The summed E-state index contributed by atoms with van der Waals surface area (Å²) < 4.78 is 0. The highest BCUT2D eigenvalue weighted by Crippen LogP contribution is 2.31. The van der Waals surface area contributed by atoms with Crippen LogP contribution in [0.3, 0.4) is 0 Å². The fourth-order valence-corrected chi connectivity index (χ4v) is 2.07. The molecule has 5 nitrogen and oxygen atoms in total. The number of rotatable bonds is 3. The van der Waals surface area contributed by atoms with Gasteiger partial charge in [0.05, 0.1) is 0 Å². The lowest BCUT2D eigenvalue weighted by atomic mass is 10.1. The van der Waals surface area contributed by atoms with Crippen LogP contribution in [0.1, 0.15) is 0 Å². The van der Waals surface area contributed by atoms with Crippen molar-refractivity contribution in [3.8, 4) is 22.5 Å². The van der Waals surface area contributed by atoms with Gasteiger partial charge in [-0.2, -0.15) is 0 Å². The summed E-state index contributed by atoms with van der Waals surface area (Å²) in [5.74, 6) is -0.247. The van der Waals surface area contributed by atoms with E-state index in [1.807, 2.05) is 60.7 Å². The zero-order valence-electron chi connectivity index (χ0n) is 10.5. The van der Waals surface area contributed by atoms with Crippen LogP contribution in [-0.2, 0) is 0 Å². The van der Waals surface area contributed by atoms with Gasteiger partial charge in [-0.3, -0.25) is 0 Å². The van der Waals surface area contributed by atoms with Crippen LogP contribution in [-0.4, -0.2) is 14.9 Å². The molecule has 98 valence electrons. The summed E-state index contributed by atoms with van der Waals surface area (Å²) in [5.41, 5.74) is 2.95. The third-order valence-corrected chi connectivity index (χ3v) is 2.97. The minimum Gasteiger partial charge on any atom is -0.390 e. The molecular formula is C15H11N3O2. The molecule has 3 aromatic rings. The van der Waals surface area contributed by atoms with Gasteiger partial charge < -0.3 is 10.1 Å². The fraction of sp³-hybridized carbons (Fsp3) is 0. The van der Waals surface area contributed by atoms with Crippen molar-refractivity contribution in [3.05, 3.63) is 70.8 Å². The van der Waals surface area contributed by atoms with Crippen molar-refractivity contribution in [1.29, 1.82) is 0 Å². The van der Waals surface area contributed by atoms with Crippen molar-refractivity contribution >= 4 is 5.95 Å². The average Bonchev–Trinajstić information content (AvgIpc) is 2.94. The highest BCUT2D eigenvalue weighted by Gasteiger charge is 2.22. The minimum absolute atomic E-state index is 0.247. The van der Waals surface area contributed by atoms with Gasteiger partial charge in [0.1, 0.15) is 5.69 Å². The van der Waals surface area contributed by atoms with Gasteiger partial charge in [-0.25, -0.2) is 4.98 Å². The Labute approximate surface area is 115 Å². The van der Waals surface area contributed by atoms with Gasteiger partial charge in [-0.05, 0) is 4.92 Å². The second-order valence-corrected chi connectivity index (χ2v) is 4.27. The van der Waals surface area contributed by atoms with Crippen molar-refractivity contribution < 1.29 is 4.92 Å². The second-order valence-electron chi connectivity index (χ2n) is 4.27. The van der Waals surface area contributed by atoms with Gasteiger partial charge in [-0.15, -0.1) is 0 Å². The van der Waals surface area contributed by atoms with E-state index in [-0.39, 0.29) is 5.95 Å². The number of hydrogen-bond acceptors (Lipinski definition) is 3. The Balaban J connectivity index is 2.20. The van der Waals surface area contributed by atoms with Gasteiger partial charge in [0.2, 0.25) is 0 Å². The minimum atomic E-state index is -0.515. The smallest absolute Gasteiger partial charge is 0.390 e. The summed E-state index contributed by atoms with van der Waals surface area (Å²) in [6.07, 6.45) is 0. The Morgan fingerprint density at radius 2 is 1.45 bits per heavy atom. The molecule has 0 saturated heterocycles. The van der Waals surface area contributed by atoms with E-state index in [4.69, 9.17) is 0 Å². The molecule has 1 N–H and O–H groups in total. The molecule has 0 aliphatic heterocycles. The van der Waals surface area contributed by atoms with Crippen LogP contribution in [0.4, 0.5) is 5.95 Å². The zero-order valence-corrected chi connectivity index (χ0v) is 10.5. The van der Waals surface area contributed by atoms with Gasteiger partial charge >= 0.3 is 5.95 Å². The normalized spacial score (nSPS) is 10.4. The largest absolute Gasteiger partial charge is 0.433 e. The molecule has 0 unspecified atom stereocenters. The Kier molecular flexibility index (Phi) is 3.01. The van der Waals surface area contributed by atoms with E-state index in [9.17, 15) is 10.1 Å². The molecule has 0 radical (unpaired) electrons. The highest BCUT2D eigenvalue weighted by atomic mass is 16.6. The lowest BCUT2D eigenvalue weighted by Gasteiger charge is -1.98. The van der Waals surface area contributed by atoms with E-state index in [0.717, 1.165) is 11.1 Å². The van der Waals surface area contributed by atoms with Crippen LogP contribution in [0.15, 0.2) is 60.7 Å². The summed E-state index contributed by atoms with van der Waals surface area (Å²) >= 11 is 0. The zero-order chi connectivity index (χ0) is 13.9. The predicted octanol–water partition coefficient (Wildman–Crippen LogP) is 3.65. The fourth-order valence-electron chi connectivity index (χ4n) is 2.07. The lowest BCUT2D eigenvalue weighted by molar-refractivity contribution is -0.393. The number of nitrogens with one attached hydrogen (secondary N) is 1. The molecule has 0 saturated carbocycles. The third kappa shape index (κ3) is 2.16. The second kappa shape index (κ2) is 4.97. The molecule has 1 aromatic heterocycles. The number of aromatic nitrogens is 2. The summed E-state index contributed by atoms with van der Waals surface area (Å²) in [6, 6.07) is 18.9. The predicted molar refractivity (Wildman–Crippen MR) is 76.1 cm³/mol. The van der Waals surface area contributed by atoms with Crippen LogP contribution < -0.4 is 0 Å². The summed E-state index contributed by atoms with van der Waals surface area (Å²) in [6.45, 7) is 0. The van der Waals surface area contributed by atoms with Crippen molar-refractivity contribution in [1.82, 2.24) is 9.97 Å². The summed E-state index contributed by atoms with van der Waals surface area (Å²) in [7, 11) is 0. The first-order valence-electron chi connectivity index (χ1n) is 6.11. The van der Waals surface area contributed by atoms with E-state index in [1.54, 1.807) is 0 Å². The Hall–Kier alpha value is -2.95. The van der Waals surface area contributed by atoms with E-state index in [0.29, 0.717) is 11.4 Å². The lowest BCUT2D eigenvalue weighted by Crippen LogP contribution is -1.89. The van der Waals surface area contributed by atoms with Crippen molar-refractivity contribution in [2.75, 3.05) is 0 Å². The molecule has 2 aromatic carbocycles. The monoisotopic (exact) mass is 265 g/mol. The number of nitro groups is 1. The SMILES string of the molecule is O=[N+]([O-])c1nc(-c2ccccc2)c(-c2ccccc2)[nH]1. The molecule has 0 spiro atoms. The maximum absolute atomic E-state index is 10.9. The van der Waals surface area contributed by atoms with Gasteiger partial charge in [0.15, 0.2) is 5.69 Å². The molecule has 0 aliphatic carbocycles. The Morgan fingerprint density at radius 1 is 0.900 bits per heavy atom.